The molecule has 1 aromatic carbocycles. The van der Waals surface area contributed by atoms with E-state index in [1.807, 2.05) is 13.0 Å². The van der Waals surface area contributed by atoms with Crippen LogP contribution in [-0.2, 0) is 9.53 Å². The Kier molecular flexibility index (Phi) is 7.59. The van der Waals surface area contributed by atoms with Crippen LogP contribution in [0.2, 0.25) is 0 Å². The van der Waals surface area contributed by atoms with E-state index in [1.54, 1.807) is 38.1 Å². The second-order valence-corrected chi connectivity index (χ2v) is 7.31. The standard InChI is InChI=1S/C18H24N2O4S2/c1-5-26-9-8-24-17(21)15-11(2)19-18(25)20-16(15)13-10-12(22-3)6-7-14(13)23-4/h6-7,10,16H,5,8-9H2,1-4H3,(H2,19,20,25). The molecule has 0 radical (unpaired) electrons. The zero-order valence-electron chi connectivity index (χ0n) is 15.4. The number of benzene rings is 1. The van der Waals surface area contributed by atoms with Crippen LogP contribution in [0.25, 0.3) is 0 Å². The lowest BCUT2D eigenvalue weighted by atomic mass is 9.94. The highest BCUT2D eigenvalue weighted by Crippen LogP contribution is 2.35. The molecule has 1 heterocycles. The first-order valence-electron chi connectivity index (χ1n) is 8.26. The molecule has 0 aromatic heterocycles. The van der Waals surface area contributed by atoms with Gasteiger partial charge in [0.1, 0.15) is 18.1 Å². The summed E-state index contributed by atoms with van der Waals surface area (Å²) in [6.07, 6.45) is 0. The molecular formula is C18H24N2O4S2. The molecule has 1 unspecified atom stereocenters. The molecule has 0 saturated carbocycles. The lowest BCUT2D eigenvalue weighted by molar-refractivity contribution is -0.138. The topological polar surface area (TPSA) is 68.8 Å². The molecular weight excluding hydrogens is 372 g/mol. The number of allylic oxidation sites excluding steroid dienone is 1. The van der Waals surface area contributed by atoms with Crippen molar-refractivity contribution in [2.75, 3.05) is 32.3 Å². The van der Waals surface area contributed by atoms with Crippen molar-refractivity contribution < 1.29 is 19.0 Å². The lowest BCUT2D eigenvalue weighted by Crippen LogP contribution is -2.45. The van der Waals surface area contributed by atoms with Gasteiger partial charge in [-0.15, -0.1) is 0 Å². The third kappa shape index (κ3) is 4.82. The molecule has 2 N–H and O–H groups in total. The van der Waals surface area contributed by atoms with Crippen LogP contribution >= 0.6 is 24.0 Å². The van der Waals surface area contributed by atoms with Gasteiger partial charge in [-0.25, -0.2) is 4.79 Å². The summed E-state index contributed by atoms with van der Waals surface area (Å²) in [5.74, 6) is 2.67. The summed E-state index contributed by atoms with van der Waals surface area (Å²) in [4.78, 5) is 12.7. The van der Waals surface area contributed by atoms with Crippen molar-refractivity contribution in [1.82, 2.24) is 10.6 Å². The largest absolute Gasteiger partial charge is 0.497 e. The van der Waals surface area contributed by atoms with Crippen LogP contribution in [0.5, 0.6) is 11.5 Å². The number of rotatable bonds is 8. The summed E-state index contributed by atoms with van der Waals surface area (Å²) in [7, 11) is 3.18. The lowest BCUT2D eigenvalue weighted by Gasteiger charge is -2.30. The van der Waals surface area contributed by atoms with E-state index in [4.69, 9.17) is 26.4 Å². The minimum Gasteiger partial charge on any atom is -0.497 e. The van der Waals surface area contributed by atoms with Crippen LogP contribution in [0.4, 0.5) is 0 Å². The first-order chi connectivity index (χ1) is 12.5. The smallest absolute Gasteiger partial charge is 0.338 e. The van der Waals surface area contributed by atoms with Crippen molar-refractivity contribution in [3.05, 3.63) is 35.0 Å². The number of methoxy groups -OCH3 is 2. The van der Waals surface area contributed by atoms with E-state index in [0.717, 1.165) is 17.1 Å². The average molecular weight is 397 g/mol. The van der Waals surface area contributed by atoms with Crippen LogP contribution < -0.4 is 20.1 Å². The molecule has 0 aliphatic carbocycles. The van der Waals surface area contributed by atoms with Gasteiger partial charge in [0.2, 0.25) is 0 Å². The number of carbonyl (C=O) groups excluding carboxylic acids is 1. The van der Waals surface area contributed by atoms with Crippen molar-refractivity contribution >= 4 is 35.1 Å². The van der Waals surface area contributed by atoms with E-state index in [1.165, 1.54) is 0 Å². The maximum Gasteiger partial charge on any atom is 0.338 e. The molecule has 1 aliphatic rings. The predicted molar refractivity (Wildman–Crippen MR) is 108 cm³/mol. The molecule has 2 rings (SSSR count). The van der Waals surface area contributed by atoms with Gasteiger partial charge in [0.15, 0.2) is 5.11 Å². The van der Waals surface area contributed by atoms with E-state index in [-0.39, 0.29) is 5.97 Å². The highest BCUT2D eigenvalue weighted by molar-refractivity contribution is 7.99. The third-order valence-electron chi connectivity index (χ3n) is 3.90. The molecule has 6 nitrogen and oxygen atoms in total. The van der Waals surface area contributed by atoms with Crippen molar-refractivity contribution in [3.63, 3.8) is 0 Å². The Bertz CT molecular complexity index is 706. The maximum atomic E-state index is 12.7. The zero-order chi connectivity index (χ0) is 19.1. The second kappa shape index (κ2) is 9.68. The minimum atomic E-state index is -0.486. The molecule has 1 aromatic rings. The number of nitrogens with one attached hydrogen (secondary N) is 2. The summed E-state index contributed by atoms with van der Waals surface area (Å²) >= 11 is 7.00. The number of thioether (sulfide) groups is 1. The molecule has 1 atom stereocenters. The summed E-state index contributed by atoms with van der Waals surface area (Å²) in [6, 6.07) is 4.95. The van der Waals surface area contributed by atoms with Gasteiger partial charge in [-0.05, 0) is 43.1 Å². The van der Waals surface area contributed by atoms with Gasteiger partial charge in [0.05, 0.1) is 25.8 Å². The van der Waals surface area contributed by atoms with Gasteiger partial charge in [-0.3, -0.25) is 0 Å². The SMILES string of the molecule is CCSCCOC(=O)C1=C(C)NC(=S)NC1c1cc(OC)ccc1OC. The Morgan fingerprint density at radius 2 is 2.08 bits per heavy atom. The Morgan fingerprint density at radius 1 is 1.31 bits per heavy atom. The molecule has 1 aliphatic heterocycles. The fourth-order valence-electron chi connectivity index (χ4n) is 2.68. The molecule has 0 bridgehead atoms. The van der Waals surface area contributed by atoms with Crippen LogP contribution in [0.1, 0.15) is 25.5 Å². The highest BCUT2D eigenvalue weighted by atomic mass is 32.2. The molecule has 142 valence electrons. The van der Waals surface area contributed by atoms with E-state index < -0.39 is 6.04 Å². The van der Waals surface area contributed by atoms with Crippen molar-refractivity contribution in [2.45, 2.75) is 19.9 Å². The summed E-state index contributed by atoms with van der Waals surface area (Å²) in [5.41, 5.74) is 1.90. The van der Waals surface area contributed by atoms with Gasteiger partial charge in [0, 0.05) is 17.0 Å². The molecule has 0 saturated heterocycles. The number of ether oxygens (including phenoxy) is 3. The van der Waals surface area contributed by atoms with Crippen LogP contribution in [0.3, 0.4) is 0 Å². The van der Waals surface area contributed by atoms with E-state index in [0.29, 0.717) is 34.5 Å². The van der Waals surface area contributed by atoms with E-state index >= 15 is 0 Å². The van der Waals surface area contributed by atoms with E-state index in [9.17, 15) is 4.79 Å². The van der Waals surface area contributed by atoms with Crippen LogP contribution in [-0.4, -0.2) is 43.4 Å². The van der Waals surface area contributed by atoms with Crippen molar-refractivity contribution in [3.8, 4) is 11.5 Å². The van der Waals surface area contributed by atoms with Gasteiger partial charge < -0.3 is 24.8 Å². The first kappa shape index (κ1) is 20.4. The Hall–Kier alpha value is -1.93. The fraction of sp³-hybridized carbons (Fsp3) is 0.444. The van der Waals surface area contributed by atoms with Gasteiger partial charge in [-0.2, -0.15) is 11.8 Å². The Labute approximate surface area is 163 Å². The van der Waals surface area contributed by atoms with Gasteiger partial charge >= 0.3 is 5.97 Å². The quantitative estimate of drug-likeness (QED) is 0.395. The number of hydrogen-bond acceptors (Lipinski definition) is 6. The van der Waals surface area contributed by atoms with Crippen LogP contribution in [0.15, 0.2) is 29.5 Å². The normalized spacial score (nSPS) is 16.6. The molecule has 0 spiro atoms. The maximum absolute atomic E-state index is 12.7. The average Bonchev–Trinajstić information content (AvgIpc) is 2.63. The Balaban J connectivity index is 2.36. The van der Waals surface area contributed by atoms with Crippen molar-refractivity contribution in [2.24, 2.45) is 0 Å². The molecule has 0 fully saturated rings. The summed E-state index contributed by atoms with van der Waals surface area (Å²) in [6.45, 7) is 4.24. The highest BCUT2D eigenvalue weighted by Gasteiger charge is 2.33. The summed E-state index contributed by atoms with van der Waals surface area (Å²) in [5, 5.41) is 6.58. The Morgan fingerprint density at radius 3 is 2.73 bits per heavy atom. The number of carbonyl (C=O) groups is 1. The second-order valence-electron chi connectivity index (χ2n) is 5.51. The van der Waals surface area contributed by atoms with Gasteiger partial charge in [0.25, 0.3) is 0 Å². The fourth-order valence-corrected chi connectivity index (χ4v) is 3.44. The predicted octanol–water partition coefficient (Wildman–Crippen LogP) is 2.79. The van der Waals surface area contributed by atoms with Crippen molar-refractivity contribution in [1.29, 1.82) is 0 Å². The number of hydrogen-bond donors (Lipinski definition) is 2. The zero-order valence-corrected chi connectivity index (χ0v) is 17.0. The minimum absolute atomic E-state index is 0.362. The van der Waals surface area contributed by atoms with Gasteiger partial charge in [-0.1, -0.05) is 6.92 Å². The number of esters is 1. The monoisotopic (exact) mass is 396 g/mol. The summed E-state index contributed by atoms with van der Waals surface area (Å²) < 4.78 is 16.3. The van der Waals surface area contributed by atoms with E-state index in [2.05, 4.69) is 17.6 Å². The molecule has 26 heavy (non-hydrogen) atoms. The third-order valence-corrected chi connectivity index (χ3v) is 4.99. The number of thiocarbonyl (C=S) groups is 1. The van der Waals surface area contributed by atoms with Crippen LogP contribution in [0, 0.1) is 0 Å². The molecule has 0 amide bonds. The first-order valence-corrected chi connectivity index (χ1v) is 9.83. The molecule has 8 heteroatoms.